The molecule has 0 aromatic heterocycles. The fourth-order valence-corrected chi connectivity index (χ4v) is 8.53. The van der Waals surface area contributed by atoms with Gasteiger partial charge in [-0.25, -0.2) is 18.4 Å². The summed E-state index contributed by atoms with van der Waals surface area (Å²) in [5.74, 6) is -2.91. The second-order valence-electron chi connectivity index (χ2n) is 13.8. The summed E-state index contributed by atoms with van der Waals surface area (Å²) in [6, 6.07) is 16.9. The number of hydrogen-bond donors (Lipinski definition) is 2. The Morgan fingerprint density at radius 2 is 0.982 bits per heavy atom. The van der Waals surface area contributed by atoms with Crippen molar-refractivity contribution in [2.75, 3.05) is 10.6 Å². The SMILES string of the molecule is Cc1cc(COc2c(Br)cc(CC(F)C(=O)OC(=O)C(F)Cc3cc(Br)c(OCc4cc(Cl)cc(NC(=O)C(C)C)c4)c(Br)c3)cc2Br)cc(NC(=O)C(C)C)c1. The number of amides is 2. The van der Waals surface area contributed by atoms with Gasteiger partial charge in [0.05, 0.1) is 17.9 Å². The third kappa shape index (κ3) is 13.9. The third-order valence-electron chi connectivity index (χ3n) is 8.10. The lowest BCUT2D eigenvalue weighted by Crippen LogP contribution is -2.29. The van der Waals surface area contributed by atoms with Crippen LogP contribution in [0, 0.1) is 18.8 Å². The molecule has 16 heteroatoms. The van der Waals surface area contributed by atoms with E-state index in [-0.39, 0.29) is 36.9 Å². The fraction of sp³-hybridized carbons (Fsp3) is 0.317. The van der Waals surface area contributed by atoms with Gasteiger partial charge in [-0.05, 0) is 153 Å². The van der Waals surface area contributed by atoms with Gasteiger partial charge in [0.15, 0.2) is 0 Å². The van der Waals surface area contributed by atoms with E-state index in [0.717, 1.165) is 11.1 Å². The molecule has 4 aromatic rings. The Hall–Kier alpha value is -3.37. The van der Waals surface area contributed by atoms with Crippen LogP contribution in [0.4, 0.5) is 20.2 Å². The van der Waals surface area contributed by atoms with E-state index in [1.165, 1.54) is 0 Å². The van der Waals surface area contributed by atoms with Crippen molar-refractivity contribution in [3.8, 4) is 11.5 Å². The molecule has 2 N–H and O–H groups in total. The molecule has 4 aromatic carbocycles. The Bertz CT molecular complexity index is 1960. The first kappa shape index (κ1) is 46.3. The highest BCUT2D eigenvalue weighted by Crippen LogP contribution is 2.38. The molecule has 0 radical (unpaired) electrons. The molecular weight excluding hydrogens is 1030 g/mol. The van der Waals surface area contributed by atoms with Crippen molar-refractivity contribution in [2.45, 2.75) is 73.0 Å². The first-order chi connectivity index (χ1) is 26.8. The van der Waals surface area contributed by atoms with Crippen LogP contribution in [0.1, 0.15) is 55.5 Å². The maximum Gasteiger partial charge on any atom is 0.348 e. The van der Waals surface area contributed by atoms with Gasteiger partial charge in [-0.15, -0.1) is 0 Å². The summed E-state index contributed by atoms with van der Waals surface area (Å²) in [6.45, 7) is 9.30. The number of esters is 2. The Labute approximate surface area is 368 Å². The van der Waals surface area contributed by atoms with E-state index in [4.69, 9.17) is 21.1 Å². The maximum absolute atomic E-state index is 15.1. The van der Waals surface area contributed by atoms with Crippen LogP contribution >= 0.6 is 75.3 Å². The van der Waals surface area contributed by atoms with E-state index in [2.05, 4.69) is 79.1 Å². The number of carbonyl (C=O) groups is 4. The van der Waals surface area contributed by atoms with E-state index in [1.54, 1.807) is 70.2 Å². The predicted molar refractivity (Wildman–Crippen MR) is 230 cm³/mol. The minimum atomic E-state index is -2.27. The fourth-order valence-electron chi connectivity index (χ4n) is 5.25. The summed E-state index contributed by atoms with van der Waals surface area (Å²) < 4.78 is 48.5. The second-order valence-corrected chi connectivity index (χ2v) is 17.6. The molecule has 0 aliphatic carbocycles. The number of carbonyl (C=O) groups excluding carboxylic acids is 4. The maximum atomic E-state index is 15.1. The number of halogens is 7. The zero-order valence-electron chi connectivity index (χ0n) is 31.4. The zero-order chi connectivity index (χ0) is 42.1. The molecule has 0 saturated heterocycles. The highest BCUT2D eigenvalue weighted by atomic mass is 79.9. The molecular formula is C41H39Br4ClF2N2O7. The minimum absolute atomic E-state index is 0.0778. The van der Waals surface area contributed by atoms with Gasteiger partial charge in [0.2, 0.25) is 24.2 Å². The molecule has 2 amide bonds. The van der Waals surface area contributed by atoms with Crippen LogP contribution in [0.5, 0.6) is 11.5 Å². The van der Waals surface area contributed by atoms with Gasteiger partial charge < -0.3 is 24.8 Å². The summed E-state index contributed by atoms with van der Waals surface area (Å²) in [5.41, 5.74) is 4.31. The van der Waals surface area contributed by atoms with Gasteiger partial charge in [0, 0.05) is 41.1 Å². The van der Waals surface area contributed by atoms with Gasteiger partial charge in [-0.2, -0.15) is 0 Å². The number of benzene rings is 4. The number of ether oxygens (including phenoxy) is 3. The largest absolute Gasteiger partial charge is 0.487 e. The molecule has 0 heterocycles. The number of hydrogen-bond acceptors (Lipinski definition) is 7. The van der Waals surface area contributed by atoms with Crippen molar-refractivity contribution in [1.29, 1.82) is 0 Å². The number of rotatable bonds is 16. The molecule has 304 valence electrons. The van der Waals surface area contributed by atoms with Gasteiger partial charge >= 0.3 is 11.9 Å². The number of alkyl halides is 2. The molecule has 57 heavy (non-hydrogen) atoms. The summed E-state index contributed by atoms with van der Waals surface area (Å²) in [7, 11) is 0. The zero-order valence-corrected chi connectivity index (χ0v) is 38.5. The van der Waals surface area contributed by atoms with Crippen molar-refractivity contribution in [1.82, 2.24) is 0 Å². The summed E-state index contributed by atoms with van der Waals surface area (Å²) in [5, 5.41) is 6.09. The van der Waals surface area contributed by atoms with Gasteiger partial charge in [0.1, 0.15) is 24.7 Å². The molecule has 0 aliphatic heterocycles. The predicted octanol–water partition coefficient (Wildman–Crippen LogP) is 11.6. The molecule has 2 unspecified atom stereocenters. The van der Waals surface area contributed by atoms with Crippen molar-refractivity contribution in [2.24, 2.45) is 11.8 Å². The summed E-state index contributed by atoms with van der Waals surface area (Å²) in [4.78, 5) is 49.3. The van der Waals surface area contributed by atoms with Crippen LogP contribution in [-0.4, -0.2) is 36.1 Å². The van der Waals surface area contributed by atoms with E-state index >= 15 is 8.78 Å². The van der Waals surface area contributed by atoms with Crippen LogP contribution in [0.15, 0.2) is 78.6 Å². The lowest BCUT2D eigenvalue weighted by molar-refractivity contribution is -0.166. The number of nitrogens with one attached hydrogen (secondary N) is 2. The Morgan fingerprint density at radius 1 is 0.596 bits per heavy atom. The number of aryl methyl sites for hydroxylation is 1. The van der Waals surface area contributed by atoms with Crippen LogP contribution in [-0.2, 0) is 50.0 Å². The van der Waals surface area contributed by atoms with Crippen LogP contribution in [0.3, 0.4) is 0 Å². The molecule has 0 aliphatic rings. The quantitative estimate of drug-likeness (QED) is 0.0847. The average Bonchev–Trinajstić information content (AvgIpc) is 3.10. The summed E-state index contributed by atoms with van der Waals surface area (Å²) in [6.07, 6.45) is -5.46. The monoisotopic (exact) mass is 1060 g/mol. The van der Waals surface area contributed by atoms with Crippen LogP contribution in [0.2, 0.25) is 5.02 Å². The molecule has 0 fully saturated rings. The average molecular weight is 1060 g/mol. The van der Waals surface area contributed by atoms with Gasteiger partial charge in [0.25, 0.3) is 0 Å². The number of anilines is 2. The Morgan fingerprint density at radius 3 is 1.39 bits per heavy atom. The van der Waals surface area contributed by atoms with Crippen molar-refractivity contribution in [3.63, 3.8) is 0 Å². The first-order valence-electron chi connectivity index (χ1n) is 17.6. The topological polar surface area (TPSA) is 120 Å². The van der Waals surface area contributed by atoms with E-state index in [9.17, 15) is 19.2 Å². The highest BCUT2D eigenvalue weighted by molar-refractivity contribution is 9.11. The lowest BCUT2D eigenvalue weighted by Gasteiger charge is -2.15. The van der Waals surface area contributed by atoms with Gasteiger partial charge in [-0.1, -0.05) is 45.4 Å². The lowest BCUT2D eigenvalue weighted by atomic mass is 10.1. The molecule has 2 atom stereocenters. The Kier molecular flexibility index (Phi) is 17.1. The smallest absolute Gasteiger partial charge is 0.348 e. The van der Waals surface area contributed by atoms with E-state index in [1.807, 2.05) is 25.1 Å². The molecule has 4 rings (SSSR count). The standard InChI is InChI=1S/C41H39Br4ClF2N2O7/c1-20(2)38(51)49-28-7-22(5)6-25(9-28)18-55-36-30(42)11-23(12-31(36)43)15-34(47)40(53)57-41(54)35(48)16-24-13-32(44)37(33(45)14-24)56-19-26-8-27(46)17-29(10-26)50-39(52)21(3)4/h6-14,17,20-21,34-35H,15-16,18-19H2,1-5H3,(H,49,51)(H,50,52). The summed E-state index contributed by atoms with van der Waals surface area (Å²) >= 11 is 19.9. The van der Waals surface area contributed by atoms with E-state index < -0.39 is 37.1 Å². The Balaban J connectivity index is 1.31. The van der Waals surface area contributed by atoms with Crippen molar-refractivity contribution >= 4 is 110 Å². The minimum Gasteiger partial charge on any atom is -0.487 e. The van der Waals surface area contributed by atoms with Crippen molar-refractivity contribution in [3.05, 3.63) is 111 Å². The van der Waals surface area contributed by atoms with Gasteiger partial charge in [-0.3, -0.25) is 9.59 Å². The molecule has 0 saturated carbocycles. The second kappa shape index (κ2) is 21.1. The van der Waals surface area contributed by atoms with Crippen LogP contribution in [0.25, 0.3) is 0 Å². The van der Waals surface area contributed by atoms with E-state index in [0.29, 0.717) is 62.5 Å². The first-order valence-corrected chi connectivity index (χ1v) is 21.1. The highest BCUT2D eigenvalue weighted by Gasteiger charge is 2.29. The molecule has 0 spiro atoms. The van der Waals surface area contributed by atoms with Crippen molar-refractivity contribution < 1.29 is 42.2 Å². The molecule has 9 nitrogen and oxygen atoms in total. The van der Waals surface area contributed by atoms with Crippen LogP contribution < -0.4 is 20.1 Å². The molecule has 0 bridgehead atoms. The normalized spacial score (nSPS) is 12.2. The third-order valence-corrected chi connectivity index (χ3v) is 10.7.